The molecule has 1 amide bonds. The maximum atomic E-state index is 13.5. The van der Waals surface area contributed by atoms with Gasteiger partial charge in [-0.1, -0.05) is 41.6 Å². The minimum absolute atomic E-state index is 0.0892. The first kappa shape index (κ1) is 17.2. The molecule has 3 rings (SSSR count). The summed E-state index contributed by atoms with van der Waals surface area (Å²) in [4.78, 5) is 16.3. The number of fused-ring (bicyclic) bond motifs is 1. The van der Waals surface area contributed by atoms with Gasteiger partial charge >= 0.3 is 0 Å². The van der Waals surface area contributed by atoms with Crippen LogP contribution in [0.1, 0.15) is 5.56 Å². The van der Waals surface area contributed by atoms with E-state index in [-0.39, 0.29) is 17.5 Å². The van der Waals surface area contributed by atoms with E-state index in [0.29, 0.717) is 23.6 Å². The number of amides is 1. The Labute approximate surface area is 152 Å². The summed E-state index contributed by atoms with van der Waals surface area (Å²) in [5.74, 6) is -0.0481. The number of thioether (sulfide) groups is 1. The first-order valence-corrected chi connectivity index (χ1v) is 9.49. The summed E-state index contributed by atoms with van der Waals surface area (Å²) >= 11 is 8.86. The highest BCUT2D eigenvalue weighted by Crippen LogP contribution is 2.30. The van der Waals surface area contributed by atoms with E-state index < -0.39 is 0 Å². The molecule has 1 N–H and O–H groups in total. The Morgan fingerprint density at radius 3 is 2.96 bits per heavy atom. The number of benzene rings is 2. The first-order valence-electron chi connectivity index (χ1n) is 7.31. The van der Waals surface area contributed by atoms with Crippen LogP contribution in [0.25, 0.3) is 10.2 Å². The van der Waals surface area contributed by atoms with Crippen LogP contribution >= 0.6 is 34.7 Å². The van der Waals surface area contributed by atoms with Crippen LogP contribution in [0.3, 0.4) is 0 Å². The number of hydrogen-bond acceptors (Lipinski definition) is 4. The van der Waals surface area contributed by atoms with Crippen LogP contribution in [0.4, 0.5) is 4.39 Å². The fourth-order valence-corrected chi connectivity index (χ4v) is 4.20. The van der Waals surface area contributed by atoms with Crippen LogP contribution < -0.4 is 5.32 Å². The summed E-state index contributed by atoms with van der Waals surface area (Å²) in [5.41, 5.74) is 1.45. The van der Waals surface area contributed by atoms with E-state index in [9.17, 15) is 9.18 Å². The Balaban J connectivity index is 1.47. The Morgan fingerprint density at radius 1 is 1.29 bits per heavy atom. The van der Waals surface area contributed by atoms with Crippen molar-refractivity contribution >= 4 is 50.8 Å². The predicted molar refractivity (Wildman–Crippen MR) is 98.5 cm³/mol. The SMILES string of the molecule is O=C(CSc1nc2cc(Cl)ccc2s1)NCCc1ccccc1F. The van der Waals surface area contributed by atoms with Crippen molar-refractivity contribution in [3.8, 4) is 0 Å². The van der Waals surface area contributed by atoms with E-state index in [2.05, 4.69) is 10.3 Å². The topological polar surface area (TPSA) is 42.0 Å². The van der Waals surface area contributed by atoms with Crippen LogP contribution in [0.2, 0.25) is 5.02 Å². The zero-order valence-corrected chi connectivity index (χ0v) is 15.0. The number of hydrogen-bond donors (Lipinski definition) is 1. The van der Waals surface area contributed by atoms with Gasteiger partial charge < -0.3 is 5.32 Å². The maximum absolute atomic E-state index is 13.5. The van der Waals surface area contributed by atoms with E-state index in [4.69, 9.17) is 11.6 Å². The van der Waals surface area contributed by atoms with Gasteiger partial charge in [-0.25, -0.2) is 9.37 Å². The second-order valence-electron chi connectivity index (χ2n) is 5.07. The lowest BCUT2D eigenvalue weighted by atomic mass is 10.1. The first-order chi connectivity index (χ1) is 11.6. The van der Waals surface area contributed by atoms with Crippen molar-refractivity contribution in [1.82, 2.24) is 10.3 Å². The van der Waals surface area contributed by atoms with Crippen molar-refractivity contribution in [2.75, 3.05) is 12.3 Å². The smallest absolute Gasteiger partial charge is 0.230 e. The van der Waals surface area contributed by atoms with E-state index in [0.717, 1.165) is 14.6 Å². The number of halogens is 2. The van der Waals surface area contributed by atoms with Crippen molar-refractivity contribution in [3.05, 3.63) is 58.9 Å². The molecule has 0 radical (unpaired) electrons. The Morgan fingerprint density at radius 2 is 2.12 bits per heavy atom. The molecule has 3 aromatic rings. The summed E-state index contributed by atoms with van der Waals surface area (Å²) in [5, 5.41) is 3.45. The van der Waals surface area contributed by atoms with Crippen LogP contribution in [0, 0.1) is 5.82 Å². The molecular weight excluding hydrogens is 367 g/mol. The average Bonchev–Trinajstić information content (AvgIpc) is 2.97. The number of nitrogens with zero attached hydrogens (tertiary/aromatic N) is 1. The number of nitrogens with one attached hydrogen (secondary N) is 1. The fourth-order valence-electron chi connectivity index (χ4n) is 2.16. The fraction of sp³-hybridized carbons (Fsp3) is 0.176. The van der Waals surface area contributed by atoms with Crippen LogP contribution in [0.15, 0.2) is 46.8 Å². The molecule has 3 nitrogen and oxygen atoms in total. The van der Waals surface area contributed by atoms with E-state index in [1.807, 2.05) is 18.2 Å². The molecule has 24 heavy (non-hydrogen) atoms. The minimum atomic E-state index is -0.241. The molecule has 0 atom stereocenters. The lowest BCUT2D eigenvalue weighted by Crippen LogP contribution is -2.27. The van der Waals surface area contributed by atoms with Gasteiger partial charge in [0.05, 0.1) is 16.0 Å². The second kappa shape index (κ2) is 7.96. The summed E-state index contributed by atoms with van der Waals surface area (Å²) < 4.78 is 15.4. The van der Waals surface area contributed by atoms with E-state index >= 15 is 0 Å². The Hall–Kier alpha value is -1.63. The van der Waals surface area contributed by atoms with Crippen molar-refractivity contribution in [1.29, 1.82) is 0 Å². The standard InChI is InChI=1S/C17H14ClFN2OS2/c18-12-5-6-15-14(9-12)21-17(24-15)23-10-16(22)20-8-7-11-3-1-2-4-13(11)19/h1-6,9H,7-8,10H2,(H,20,22). The molecule has 1 aromatic heterocycles. The van der Waals surface area contributed by atoms with E-state index in [1.54, 1.807) is 18.2 Å². The van der Waals surface area contributed by atoms with Gasteiger partial charge in [-0.15, -0.1) is 11.3 Å². The van der Waals surface area contributed by atoms with Gasteiger partial charge in [0.15, 0.2) is 4.34 Å². The number of aromatic nitrogens is 1. The molecule has 1 heterocycles. The molecule has 0 aliphatic heterocycles. The third-order valence-corrected chi connectivity index (χ3v) is 5.75. The zero-order chi connectivity index (χ0) is 16.9. The van der Waals surface area contributed by atoms with Crippen LogP contribution in [-0.4, -0.2) is 23.2 Å². The largest absolute Gasteiger partial charge is 0.355 e. The van der Waals surface area contributed by atoms with Gasteiger partial charge in [-0.3, -0.25) is 4.79 Å². The molecular formula is C17H14ClFN2OS2. The third kappa shape index (κ3) is 4.47. The summed E-state index contributed by atoms with van der Waals surface area (Å²) in [6.07, 6.45) is 0.475. The van der Waals surface area contributed by atoms with Gasteiger partial charge in [0.25, 0.3) is 0 Å². The molecule has 0 saturated heterocycles. The zero-order valence-electron chi connectivity index (χ0n) is 12.6. The van der Waals surface area contributed by atoms with Crippen molar-refractivity contribution in [3.63, 3.8) is 0 Å². The highest BCUT2D eigenvalue weighted by molar-refractivity contribution is 8.01. The Kier molecular flexibility index (Phi) is 5.71. The van der Waals surface area contributed by atoms with Crippen molar-refractivity contribution < 1.29 is 9.18 Å². The molecule has 0 aliphatic carbocycles. The number of thiazole rings is 1. The van der Waals surface area contributed by atoms with E-state index in [1.165, 1.54) is 29.2 Å². The molecule has 124 valence electrons. The Bertz CT molecular complexity index is 869. The van der Waals surface area contributed by atoms with Crippen LogP contribution in [-0.2, 0) is 11.2 Å². The molecule has 2 aromatic carbocycles. The molecule has 0 aliphatic rings. The molecule has 0 bridgehead atoms. The molecule has 0 saturated carbocycles. The number of carbonyl (C=O) groups is 1. The summed E-state index contributed by atoms with van der Waals surface area (Å²) in [6.45, 7) is 0.412. The average molecular weight is 381 g/mol. The second-order valence-corrected chi connectivity index (χ2v) is 7.76. The summed E-state index contributed by atoms with van der Waals surface area (Å²) in [7, 11) is 0. The van der Waals surface area contributed by atoms with Crippen molar-refractivity contribution in [2.45, 2.75) is 10.8 Å². The molecule has 0 spiro atoms. The lowest BCUT2D eigenvalue weighted by Gasteiger charge is -2.05. The van der Waals surface area contributed by atoms with Gasteiger partial charge in [0.2, 0.25) is 5.91 Å². The van der Waals surface area contributed by atoms with Crippen LogP contribution in [0.5, 0.6) is 0 Å². The number of carbonyl (C=O) groups excluding carboxylic acids is 1. The lowest BCUT2D eigenvalue weighted by molar-refractivity contribution is -0.118. The monoisotopic (exact) mass is 380 g/mol. The van der Waals surface area contributed by atoms with Crippen molar-refractivity contribution in [2.24, 2.45) is 0 Å². The quantitative estimate of drug-likeness (QED) is 0.638. The third-order valence-electron chi connectivity index (χ3n) is 3.33. The van der Waals surface area contributed by atoms with Gasteiger partial charge in [0.1, 0.15) is 5.82 Å². The molecule has 7 heteroatoms. The minimum Gasteiger partial charge on any atom is -0.355 e. The summed E-state index contributed by atoms with van der Waals surface area (Å²) in [6, 6.07) is 12.1. The molecule has 0 unspecified atom stereocenters. The predicted octanol–water partition coefficient (Wildman–Crippen LogP) is 4.54. The molecule has 0 fully saturated rings. The maximum Gasteiger partial charge on any atom is 0.230 e. The van der Waals surface area contributed by atoms with Gasteiger partial charge in [-0.2, -0.15) is 0 Å². The normalized spacial score (nSPS) is 10.9. The highest BCUT2D eigenvalue weighted by Gasteiger charge is 2.08. The number of rotatable bonds is 6. The highest BCUT2D eigenvalue weighted by atomic mass is 35.5. The van der Waals surface area contributed by atoms with Gasteiger partial charge in [-0.05, 0) is 36.2 Å². The van der Waals surface area contributed by atoms with Gasteiger partial charge in [0, 0.05) is 11.6 Å².